The van der Waals surface area contributed by atoms with E-state index in [4.69, 9.17) is 0 Å². The summed E-state index contributed by atoms with van der Waals surface area (Å²) in [6.07, 6.45) is 0.0232. The van der Waals surface area contributed by atoms with Crippen molar-refractivity contribution in [3.8, 4) is 0 Å². The molecule has 1 saturated heterocycles. The van der Waals surface area contributed by atoms with E-state index < -0.39 is 6.04 Å². The minimum atomic E-state index is -0.695. The maximum Gasteiger partial charge on any atom is 0.246 e. The van der Waals surface area contributed by atoms with Crippen LogP contribution in [0.25, 0.3) is 0 Å². The van der Waals surface area contributed by atoms with Crippen LogP contribution in [0.5, 0.6) is 0 Å². The fourth-order valence-electron chi connectivity index (χ4n) is 2.13. The second-order valence-corrected chi connectivity index (χ2v) is 4.71. The van der Waals surface area contributed by atoms with Crippen LogP contribution < -0.4 is 0 Å². The Morgan fingerprint density at radius 3 is 2.47 bits per heavy atom. The van der Waals surface area contributed by atoms with Crippen LogP contribution in [-0.2, 0) is 9.59 Å². The van der Waals surface area contributed by atoms with E-state index in [1.807, 2.05) is 6.07 Å². The summed E-state index contributed by atoms with van der Waals surface area (Å²) >= 11 is 0. The molecule has 0 N–H and O–H groups in total. The molecule has 1 aromatic rings. The molecule has 0 aromatic heterocycles. The highest BCUT2D eigenvalue weighted by Gasteiger charge is 2.36. The quantitative estimate of drug-likeness (QED) is 0.746. The first kappa shape index (κ1) is 13.3. The van der Waals surface area contributed by atoms with Crippen LogP contribution in [0, 0.1) is 0 Å². The lowest BCUT2D eigenvalue weighted by atomic mass is 10.0. The highest BCUT2D eigenvalue weighted by atomic mass is 16.2. The minimum absolute atomic E-state index is 0.0232. The van der Waals surface area contributed by atoms with Gasteiger partial charge in [0.15, 0.2) is 5.78 Å². The number of ketones is 1. The fraction of sp³-hybridized carbons (Fsp3) is 0.357. The molecule has 1 unspecified atom stereocenters. The number of hydrogen-bond donors (Lipinski definition) is 0. The normalized spacial score (nSPS) is 19.8. The molecule has 0 saturated carbocycles. The van der Waals surface area contributed by atoms with Crippen molar-refractivity contribution in [3.05, 3.63) is 35.9 Å². The van der Waals surface area contributed by atoms with E-state index in [9.17, 15) is 14.4 Å². The summed E-state index contributed by atoms with van der Waals surface area (Å²) in [5, 5.41) is 0. The molecule has 5 heteroatoms. The molecule has 1 heterocycles. The molecule has 1 aliphatic heterocycles. The summed E-state index contributed by atoms with van der Waals surface area (Å²) < 4.78 is 0. The second kappa shape index (κ2) is 5.22. The Morgan fingerprint density at radius 1 is 1.21 bits per heavy atom. The smallest absolute Gasteiger partial charge is 0.246 e. The second-order valence-electron chi connectivity index (χ2n) is 4.71. The average Bonchev–Trinajstić information content (AvgIpc) is 2.42. The number of carbonyl (C=O) groups excluding carboxylic acids is 3. The van der Waals surface area contributed by atoms with Gasteiger partial charge in [0.05, 0.1) is 6.54 Å². The number of likely N-dealkylation sites (N-methyl/N-ethyl adjacent to an activating group) is 2. The topological polar surface area (TPSA) is 57.7 Å². The third-order valence-corrected chi connectivity index (χ3v) is 3.37. The van der Waals surface area contributed by atoms with Crippen LogP contribution in [0.15, 0.2) is 30.3 Å². The van der Waals surface area contributed by atoms with Crippen molar-refractivity contribution >= 4 is 17.6 Å². The lowest BCUT2D eigenvalue weighted by Crippen LogP contribution is -2.57. The summed E-state index contributed by atoms with van der Waals surface area (Å²) in [5.74, 6) is -0.465. The van der Waals surface area contributed by atoms with E-state index in [0.717, 1.165) is 0 Å². The van der Waals surface area contributed by atoms with Crippen molar-refractivity contribution in [1.82, 2.24) is 9.80 Å². The number of carbonyl (C=O) groups is 3. The van der Waals surface area contributed by atoms with Gasteiger partial charge >= 0.3 is 0 Å². The van der Waals surface area contributed by atoms with Gasteiger partial charge in [0.25, 0.3) is 0 Å². The molecule has 19 heavy (non-hydrogen) atoms. The number of benzene rings is 1. The van der Waals surface area contributed by atoms with Crippen LogP contribution in [0.4, 0.5) is 0 Å². The minimum Gasteiger partial charge on any atom is -0.335 e. The van der Waals surface area contributed by atoms with Crippen molar-refractivity contribution in [2.24, 2.45) is 0 Å². The van der Waals surface area contributed by atoms with Gasteiger partial charge in [-0.05, 0) is 0 Å². The Bertz CT molecular complexity index is 513. The van der Waals surface area contributed by atoms with E-state index in [1.54, 1.807) is 38.4 Å². The number of rotatable bonds is 3. The molecule has 0 bridgehead atoms. The predicted octanol–water partition coefficient (Wildman–Crippen LogP) is 0.558. The van der Waals surface area contributed by atoms with Crippen molar-refractivity contribution in [3.63, 3.8) is 0 Å². The van der Waals surface area contributed by atoms with Gasteiger partial charge in [-0.15, -0.1) is 0 Å². The highest BCUT2D eigenvalue weighted by Crippen LogP contribution is 2.15. The van der Waals surface area contributed by atoms with Crippen LogP contribution in [0.1, 0.15) is 16.8 Å². The molecule has 2 amide bonds. The van der Waals surface area contributed by atoms with E-state index in [-0.39, 0.29) is 30.6 Å². The number of amides is 2. The van der Waals surface area contributed by atoms with Gasteiger partial charge in [-0.1, -0.05) is 30.3 Å². The van der Waals surface area contributed by atoms with E-state index in [0.29, 0.717) is 5.56 Å². The molecule has 1 fully saturated rings. The zero-order valence-corrected chi connectivity index (χ0v) is 11.0. The molecule has 5 nitrogen and oxygen atoms in total. The van der Waals surface area contributed by atoms with Crippen LogP contribution >= 0.6 is 0 Å². The SMILES string of the molecule is CN1CC(=O)N(C)C(CC(=O)c2ccccc2)C1=O. The van der Waals surface area contributed by atoms with E-state index in [2.05, 4.69) is 0 Å². The number of Topliss-reactive ketones (excluding diaryl/α,β-unsaturated/α-hetero) is 1. The third kappa shape index (κ3) is 2.65. The fourth-order valence-corrected chi connectivity index (χ4v) is 2.13. The summed E-state index contributed by atoms with van der Waals surface area (Å²) in [7, 11) is 3.14. The number of hydrogen-bond acceptors (Lipinski definition) is 3. The largest absolute Gasteiger partial charge is 0.335 e. The number of piperazine rings is 1. The summed E-state index contributed by atoms with van der Waals surface area (Å²) in [6, 6.07) is 8.10. The van der Waals surface area contributed by atoms with Gasteiger partial charge in [0, 0.05) is 26.1 Å². The Labute approximate surface area is 111 Å². The molecular formula is C14H16N2O3. The third-order valence-electron chi connectivity index (χ3n) is 3.37. The van der Waals surface area contributed by atoms with Gasteiger partial charge in [-0.25, -0.2) is 0 Å². The van der Waals surface area contributed by atoms with Gasteiger partial charge < -0.3 is 9.80 Å². The molecule has 1 atom stereocenters. The van der Waals surface area contributed by atoms with Gasteiger partial charge in [0.1, 0.15) is 6.04 Å². The summed E-state index contributed by atoms with van der Waals surface area (Å²) in [5.41, 5.74) is 0.560. The lowest BCUT2D eigenvalue weighted by Gasteiger charge is -2.36. The van der Waals surface area contributed by atoms with Crippen LogP contribution in [0.2, 0.25) is 0 Å². The Balaban J connectivity index is 2.15. The maximum absolute atomic E-state index is 12.1. The summed E-state index contributed by atoms with van der Waals surface area (Å²) in [4.78, 5) is 38.6. The maximum atomic E-state index is 12.1. The first-order chi connectivity index (χ1) is 9.00. The van der Waals surface area contributed by atoms with Gasteiger partial charge in [-0.2, -0.15) is 0 Å². The van der Waals surface area contributed by atoms with Crippen molar-refractivity contribution in [2.75, 3.05) is 20.6 Å². The predicted molar refractivity (Wildman–Crippen MR) is 69.6 cm³/mol. The first-order valence-electron chi connectivity index (χ1n) is 6.09. The van der Waals surface area contributed by atoms with Crippen molar-refractivity contribution in [2.45, 2.75) is 12.5 Å². The van der Waals surface area contributed by atoms with Gasteiger partial charge in [0.2, 0.25) is 11.8 Å². The monoisotopic (exact) mass is 260 g/mol. The molecular weight excluding hydrogens is 244 g/mol. The molecule has 0 spiro atoms. The standard InChI is InChI=1S/C14H16N2O3/c1-15-9-13(18)16(2)11(14(15)19)8-12(17)10-6-4-3-5-7-10/h3-7,11H,8-9H2,1-2H3. The highest BCUT2D eigenvalue weighted by molar-refractivity contribution is 6.02. The Kier molecular flexibility index (Phi) is 3.64. The van der Waals surface area contributed by atoms with Gasteiger partial charge in [-0.3, -0.25) is 14.4 Å². The molecule has 1 aliphatic rings. The van der Waals surface area contributed by atoms with E-state index >= 15 is 0 Å². The Morgan fingerprint density at radius 2 is 1.84 bits per heavy atom. The molecule has 0 aliphatic carbocycles. The average molecular weight is 260 g/mol. The molecule has 0 radical (unpaired) electrons. The molecule has 100 valence electrons. The molecule has 2 rings (SSSR count). The zero-order valence-electron chi connectivity index (χ0n) is 11.0. The number of nitrogens with zero attached hydrogens (tertiary/aromatic N) is 2. The lowest BCUT2D eigenvalue weighted by molar-refractivity contribution is -0.152. The zero-order chi connectivity index (χ0) is 14.0. The van der Waals surface area contributed by atoms with Crippen LogP contribution in [-0.4, -0.2) is 54.1 Å². The van der Waals surface area contributed by atoms with E-state index in [1.165, 1.54) is 9.80 Å². The summed E-state index contributed by atoms with van der Waals surface area (Å²) in [6.45, 7) is 0.0748. The van der Waals surface area contributed by atoms with Crippen LogP contribution in [0.3, 0.4) is 0 Å². The Hall–Kier alpha value is -2.17. The van der Waals surface area contributed by atoms with Crippen molar-refractivity contribution < 1.29 is 14.4 Å². The van der Waals surface area contributed by atoms with Crippen molar-refractivity contribution in [1.29, 1.82) is 0 Å². The first-order valence-corrected chi connectivity index (χ1v) is 6.09. The molecule has 1 aromatic carbocycles.